The number of ether oxygens (including phenoxy) is 2. The van der Waals surface area contributed by atoms with E-state index >= 15 is 0 Å². The van der Waals surface area contributed by atoms with Crippen molar-refractivity contribution < 1.29 is 19.1 Å². The van der Waals surface area contributed by atoms with Crippen LogP contribution in [-0.2, 0) is 9.59 Å². The molecule has 1 aliphatic heterocycles. The second kappa shape index (κ2) is 7.70. The summed E-state index contributed by atoms with van der Waals surface area (Å²) in [5.74, 6) is 1.19. The molecule has 6 heteroatoms. The molecule has 142 valence electrons. The van der Waals surface area contributed by atoms with Gasteiger partial charge in [-0.15, -0.1) is 0 Å². The monoisotopic (exact) mass is 368 g/mol. The van der Waals surface area contributed by atoms with Gasteiger partial charge in [0.25, 0.3) is 11.8 Å². The van der Waals surface area contributed by atoms with Gasteiger partial charge in [-0.25, -0.2) is 0 Å². The number of anilines is 2. The largest absolute Gasteiger partial charge is 0.484 e. The summed E-state index contributed by atoms with van der Waals surface area (Å²) >= 11 is 0. The second-order valence-electron chi connectivity index (χ2n) is 6.97. The van der Waals surface area contributed by atoms with Crippen LogP contribution in [0.5, 0.6) is 11.5 Å². The number of hydrogen-bond acceptors (Lipinski definition) is 4. The van der Waals surface area contributed by atoms with E-state index in [1.54, 1.807) is 25.1 Å². The first-order chi connectivity index (χ1) is 12.8. The zero-order chi connectivity index (χ0) is 19.6. The fraction of sp³-hybridized carbons (Fsp3) is 0.333. The molecular formula is C21H24N2O4. The van der Waals surface area contributed by atoms with Crippen LogP contribution in [-0.4, -0.2) is 24.5 Å². The summed E-state index contributed by atoms with van der Waals surface area (Å²) in [6.07, 6.45) is -0.531. The van der Waals surface area contributed by atoms with Crippen molar-refractivity contribution in [3.05, 3.63) is 47.5 Å². The van der Waals surface area contributed by atoms with Crippen LogP contribution in [0.3, 0.4) is 0 Å². The van der Waals surface area contributed by atoms with E-state index in [1.807, 2.05) is 25.1 Å². The Morgan fingerprint density at radius 1 is 1.26 bits per heavy atom. The summed E-state index contributed by atoms with van der Waals surface area (Å²) in [4.78, 5) is 23.9. The molecule has 0 radical (unpaired) electrons. The van der Waals surface area contributed by atoms with Gasteiger partial charge >= 0.3 is 0 Å². The van der Waals surface area contributed by atoms with Crippen LogP contribution in [0.15, 0.2) is 36.4 Å². The molecule has 1 atom stereocenters. The molecule has 0 bridgehead atoms. The highest BCUT2D eigenvalue weighted by Gasteiger charge is 2.23. The molecule has 2 N–H and O–H groups in total. The molecule has 0 aromatic heterocycles. The van der Waals surface area contributed by atoms with Crippen molar-refractivity contribution in [1.29, 1.82) is 0 Å². The summed E-state index contributed by atoms with van der Waals surface area (Å²) < 4.78 is 11.1. The van der Waals surface area contributed by atoms with Gasteiger partial charge in [0.2, 0.25) is 0 Å². The third-order valence-corrected chi connectivity index (χ3v) is 4.43. The highest BCUT2D eigenvalue weighted by molar-refractivity contribution is 5.99. The number of aryl methyl sites for hydroxylation is 1. The molecule has 0 aliphatic carbocycles. The quantitative estimate of drug-likeness (QED) is 0.840. The molecule has 6 nitrogen and oxygen atoms in total. The molecule has 2 amide bonds. The molecule has 0 saturated carbocycles. The third-order valence-electron chi connectivity index (χ3n) is 4.43. The summed E-state index contributed by atoms with van der Waals surface area (Å²) in [5, 5.41) is 5.52. The molecule has 1 heterocycles. The van der Waals surface area contributed by atoms with E-state index in [2.05, 4.69) is 24.5 Å². The maximum absolute atomic E-state index is 12.2. The Balaban J connectivity index is 1.59. The lowest BCUT2D eigenvalue weighted by Gasteiger charge is -2.23. The first-order valence-electron chi connectivity index (χ1n) is 8.98. The Hall–Kier alpha value is -3.02. The van der Waals surface area contributed by atoms with E-state index in [0.29, 0.717) is 28.8 Å². The molecule has 0 spiro atoms. The Bertz CT molecular complexity index is 876. The lowest BCUT2D eigenvalue weighted by atomic mass is 9.98. The minimum Gasteiger partial charge on any atom is -0.484 e. The molecule has 0 saturated heterocycles. The summed E-state index contributed by atoms with van der Waals surface area (Å²) in [7, 11) is 0. The number of nitrogens with one attached hydrogen (secondary N) is 2. The van der Waals surface area contributed by atoms with Crippen molar-refractivity contribution in [3.8, 4) is 11.5 Å². The fourth-order valence-corrected chi connectivity index (χ4v) is 3.02. The van der Waals surface area contributed by atoms with Gasteiger partial charge in [0.05, 0.1) is 5.69 Å². The minimum atomic E-state index is -0.531. The molecule has 27 heavy (non-hydrogen) atoms. The Morgan fingerprint density at radius 3 is 2.74 bits per heavy atom. The normalized spacial score (nSPS) is 15.6. The van der Waals surface area contributed by atoms with Crippen LogP contribution in [0.4, 0.5) is 11.4 Å². The Morgan fingerprint density at radius 2 is 2.04 bits per heavy atom. The Labute approximate surface area is 158 Å². The molecule has 2 aromatic rings. The van der Waals surface area contributed by atoms with Gasteiger partial charge in [0.15, 0.2) is 12.7 Å². The van der Waals surface area contributed by atoms with Crippen LogP contribution in [0.25, 0.3) is 0 Å². The average Bonchev–Trinajstić information content (AvgIpc) is 2.61. The highest BCUT2D eigenvalue weighted by atomic mass is 16.5. The van der Waals surface area contributed by atoms with Gasteiger partial charge in [0.1, 0.15) is 11.5 Å². The van der Waals surface area contributed by atoms with Gasteiger partial charge < -0.3 is 20.1 Å². The van der Waals surface area contributed by atoms with Gasteiger partial charge in [-0.3, -0.25) is 9.59 Å². The van der Waals surface area contributed by atoms with Crippen LogP contribution in [0, 0.1) is 6.92 Å². The average molecular weight is 368 g/mol. The predicted molar refractivity (Wildman–Crippen MR) is 105 cm³/mol. The number of carbonyl (C=O) groups is 2. The van der Waals surface area contributed by atoms with Crippen LogP contribution >= 0.6 is 0 Å². The van der Waals surface area contributed by atoms with Crippen LogP contribution in [0.2, 0.25) is 0 Å². The van der Waals surface area contributed by atoms with Crippen molar-refractivity contribution in [2.45, 2.75) is 39.7 Å². The first kappa shape index (κ1) is 18.8. The van der Waals surface area contributed by atoms with E-state index in [9.17, 15) is 9.59 Å². The maximum Gasteiger partial charge on any atom is 0.265 e. The van der Waals surface area contributed by atoms with E-state index in [4.69, 9.17) is 9.47 Å². The summed E-state index contributed by atoms with van der Waals surface area (Å²) in [5.41, 5.74) is 3.51. The van der Waals surface area contributed by atoms with Crippen molar-refractivity contribution >= 4 is 23.2 Å². The lowest BCUT2D eigenvalue weighted by molar-refractivity contribution is -0.122. The predicted octanol–water partition coefficient (Wildman–Crippen LogP) is 3.86. The van der Waals surface area contributed by atoms with Crippen molar-refractivity contribution in [1.82, 2.24) is 0 Å². The van der Waals surface area contributed by atoms with Gasteiger partial charge in [-0.2, -0.15) is 0 Å². The van der Waals surface area contributed by atoms with Crippen molar-refractivity contribution in [3.63, 3.8) is 0 Å². The van der Waals surface area contributed by atoms with E-state index in [-0.39, 0.29) is 18.4 Å². The Kier molecular flexibility index (Phi) is 5.35. The number of fused-ring (bicyclic) bond motifs is 1. The van der Waals surface area contributed by atoms with Gasteiger partial charge in [-0.1, -0.05) is 19.9 Å². The molecule has 0 unspecified atom stereocenters. The summed E-state index contributed by atoms with van der Waals surface area (Å²) in [6.45, 7) is 7.90. The van der Waals surface area contributed by atoms with Gasteiger partial charge in [0, 0.05) is 5.69 Å². The van der Waals surface area contributed by atoms with E-state index in [1.165, 1.54) is 5.56 Å². The fourth-order valence-electron chi connectivity index (χ4n) is 3.02. The number of rotatable bonds is 5. The van der Waals surface area contributed by atoms with Gasteiger partial charge in [-0.05, 0) is 61.2 Å². The lowest BCUT2D eigenvalue weighted by Crippen LogP contribution is -2.34. The molecular weight excluding hydrogens is 344 g/mol. The number of amides is 2. The van der Waals surface area contributed by atoms with Crippen LogP contribution < -0.4 is 20.1 Å². The minimum absolute atomic E-state index is 0.0998. The van der Waals surface area contributed by atoms with E-state index < -0.39 is 6.10 Å². The number of hydrogen-bond donors (Lipinski definition) is 2. The number of benzene rings is 2. The van der Waals surface area contributed by atoms with Crippen LogP contribution in [0.1, 0.15) is 37.8 Å². The molecule has 2 aromatic carbocycles. The van der Waals surface area contributed by atoms with E-state index in [0.717, 1.165) is 5.56 Å². The first-order valence-corrected chi connectivity index (χ1v) is 8.98. The summed E-state index contributed by atoms with van der Waals surface area (Å²) in [6, 6.07) is 11.0. The van der Waals surface area contributed by atoms with Crippen molar-refractivity contribution in [2.75, 3.05) is 17.2 Å². The number of carbonyl (C=O) groups excluding carboxylic acids is 2. The second-order valence-corrected chi connectivity index (χ2v) is 6.97. The zero-order valence-corrected chi connectivity index (χ0v) is 16.0. The third kappa shape index (κ3) is 4.39. The maximum atomic E-state index is 12.2. The van der Waals surface area contributed by atoms with Crippen molar-refractivity contribution in [2.24, 2.45) is 0 Å². The highest BCUT2D eigenvalue weighted by Crippen LogP contribution is 2.32. The topological polar surface area (TPSA) is 76.7 Å². The molecule has 1 aliphatic rings. The molecule has 0 fully saturated rings. The zero-order valence-electron chi connectivity index (χ0n) is 16.0. The smallest absolute Gasteiger partial charge is 0.265 e. The standard InChI is InChI=1S/C21H24N2O4/c1-12(2)17-7-6-16(9-13(17)3)26-11-20(24)22-15-5-8-19-18(10-15)23-21(25)14(4)27-19/h5-10,12,14H,11H2,1-4H3,(H,22,24)(H,23,25)/t14-/m1/s1. The SMILES string of the molecule is Cc1cc(OCC(=O)Nc2ccc3c(c2)NC(=O)[C@@H](C)O3)ccc1C(C)C. The molecule has 3 rings (SSSR count).